The average Bonchev–Trinajstić information content (AvgIpc) is 3.33. The van der Waals surface area contributed by atoms with Gasteiger partial charge in [-0.15, -0.1) is 0 Å². The Morgan fingerprint density at radius 2 is 2.00 bits per heavy atom. The van der Waals surface area contributed by atoms with E-state index in [0.717, 1.165) is 31.7 Å². The Labute approximate surface area is 149 Å². The molecule has 1 aliphatic heterocycles. The largest absolute Gasteiger partial charge is 0.381 e. The summed E-state index contributed by atoms with van der Waals surface area (Å²) in [7, 11) is 0. The highest BCUT2D eigenvalue weighted by molar-refractivity contribution is 5.78. The number of benzene rings is 1. The molecule has 1 aromatic rings. The Morgan fingerprint density at radius 1 is 1.28 bits per heavy atom. The molecule has 25 heavy (non-hydrogen) atoms. The molecule has 3 rings (SSSR count). The van der Waals surface area contributed by atoms with E-state index in [1.54, 1.807) is 12.1 Å². The van der Waals surface area contributed by atoms with Gasteiger partial charge in [0.05, 0.1) is 19.2 Å². The molecule has 1 heterocycles. The molecule has 0 bridgehead atoms. The van der Waals surface area contributed by atoms with Crippen molar-refractivity contribution in [3.05, 3.63) is 35.6 Å². The average molecular weight is 348 g/mol. The first-order valence-corrected chi connectivity index (χ1v) is 9.45. The predicted octanol–water partition coefficient (Wildman–Crippen LogP) is 3.24. The molecule has 2 atom stereocenters. The monoisotopic (exact) mass is 348 g/mol. The molecule has 0 spiro atoms. The minimum Gasteiger partial charge on any atom is -0.381 e. The van der Waals surface area contributed by atoms with Crippen molar-refractivity contribution < 1.29 is 13.9 Å². The molecule has 2 aliphatic rings. The number of hydrogen-bond acceptors (Lipinski definition) is 3. The number of rotatable bonds is 8. The van der Waals surface area contributed by atoms with Crippen molar-refractivity contribution in [2.45, 2.75) is 45.2 Å². The van der Waals surface area contributed by atoms with Crippen LogP contribution in [0.2, 0.25) is 0 Å². The second kappa shape index (κ2) is 8.28. The number of amides is 1. The maximum absolute atomic E-state index is 13.2. The first kappa shape index (κ1) is 18.3. The zero-order valence-electron chi connectivity index (χ0n) is 15.3. The van der Waals surface area contributed by atoms with E-state index >= 15 is 0 Å². The van der Waals surface area contributed by atoms with E-state index < -0.39 is 0 Å². The molecule has 5 heteroatoms. The van der Waals surface area contributed by atoms with Gasteiger partial charge in [-0.2, -0.15) is 0 Å². The summed E-state index contributed by atoms with van der Waals surface area (Å²) in [6.45, 7) is 7.77. The van der Waals surface area contributed by atoms with Crippen LogP contribution in [0.3, 0.4) is 0 Å². The first-order valence-electron chi connectivity index (χ1n) is 9.45. The summed E-state index contributed by atoms with van der Waals surface area (Å²) in [5.74, 6) is 0.465. The van der Waals surface area contributed by atoms with Crippen LogP contribution in [0.5, 0.6) is 0 Å². The Balaban J connectivity index is 1.62. The molecule has 4 nitrogen and oxygen atoms in total. The van der Waals surface area contributed by atoms with Gasteiger partial charge in [0.1, 0.15) is 5.82 Å². The minimum absolute atomic E-state index is 0.0473. The number of halogens is 1. The first-order chi connectivity index (χ1) is 12.1. The Morgan fingerprint density at radius 3 is 2.56 bits per heavy atom. The van der Waals surface area contributed by atoms with E-state index in [1.165, 1.54) is 25.0 Å². The van der Waals surface area contributed by atoms with E-state index in [4.69, 9.17) is 4.74 Å². The number of carbonyl (C=O) groups excluding carboxylic acids is 1. The second-order valence-electron chi connectivity index (χ2n) is 7.30. The van der Waals surface area contributed by atoms with Crippen molar-refractivity contribution in [1.29, 1.82) is 0 Å². The van der Waals surface area contributed by atoms with Gasteiger partial charge < -0.3 is 9.64 Å². The SMILES string of the molecule is CCN(C(=O)CN(CC1CCOC1)C1CC1)C(C)c1ccc(F)cc1. The van der Waals surface area contributed by atoms with Crippen LogP contribution in [-0.2, 0) is 9.53 Å². The normalized spacial score (nSPS) is 21.5. The van der Waals surface area contributed by atoms with E-state index in [2.05, 4.69) is 4.90 Å². The molecule has 2 unspecified atom stereocenters. The maximum atomic E-state index is 13.2. The molecular weight excluding hydrogens is 319 g/mol. The Bertz CT molecular complexity index is 568. The molecule has 1 aliphatic carbocycles. The van der Waals surface area contributed by atoms with Crippen LogP contribution >= 0.6 is 0 Å². The Hall–Kier alpha value is -1.46. The van der Waals surface area contributed by atoms with E-state index in [1.807, 2.05) is 18.7 Å². The molecule has 1 aromatic carbocycles. The second-order valence-corrected chi connectivity index (χ2v) is 7.30. The van der Waals surface area contributed by atoms with Gasteiger partial charge in [-0.25, -0.2) is 4.39 Å². The van der Waals surface area contributed by atoms with Gasteiger partial charge in [-0.1, -0.05) is 12.1 Å². The van der Waals surface area contributed by atoms with Crippen LogP contribution in [0, 0.1) is 11.7 Å². The van der Waals surface area contributed by atoms with Crippen LogP contribution in [-0.4, -0.2) is 54.6 Å². The lowest BCUT2D eigenvalue weighted by atomic mass is 10.1. The van der Waals surface area contributed by atoms with Crippen molar-refractivity contribution in [1.82, 2.24) is 9.80 Å². The third-order valence-electron chi connectivity index (χ3n) is 5.40. The van der Waals surface area contributed by atoms with Crippen molar-refractivity contribution in [3.8, 4) is 0 Å². The van der Waals surface area contributed by atoms with Crippen molar-refractivity contribution >= 4 is 5.91 Å². The number of ether oxygens (including phenoxy) is 1. The summed E-state index contributed by atoms with van der Waals surface area (Å²) in [6.07, 6.45) is 3.49. The van der Waals surface area contributed by atoms with E-state index in [0.29, 0.717) is 25.0 Å². The van der Waals surface area contributed by atoms with Crippen LogP contribution in [0.15, 0.2) is 24.3 Å². The van der Waals surface area contributed by atoms with Crippen LogP contribution in [0.1, 0.15) is 44.7 Å². The summed E-state index contributed by atoms with van der Waals surface area (Å²) >= 11 is 0. The van der Waals surface area contributed by atoms with Crippen molar-refractivity contribution in [2.24, 2.45) is 5.92 Å². The smallest absolute Gasteiger partial charge is 0.237 e. The number of nitrogens with zero attached hydrogens (tertiary/aromatic N) is 2. The fourth-order valence-corrected chi connectivity index (χ4v) is 3.69. The molecule has 0 radical (unpaired) electrons. The Kier molecular flexibility index (Phi) is 6.07. The van der Waals surface area contributed by atoms with Gasteiger partial charge in [0.2, 0.25) is 5.91 Å². The molecule has 138 valence electrons. The fraction of sp³-hybridized carbons (Fsp3) is 0.650. The number of carbonyl (C=O) groups is 1. The highest BCUT2D eigenvalue weighted by Gasteiger charge is 2.34. The molecule has 2 fully saturated rings. The molecule has 1 saturated heterocycles. The highest BCUT2D eigenvalue weighted by Crippen LogP contribution is 2.29. The van der Waals surface area contributed by atoms with Crippen LogP contribution < -0.4 is 0 Å². The third kappa shape index (κ3) is 4.79. The van der Waals surface area contributed by atoms with Crippen LogP contribution in [0.25, 0.3) is 0 Å². The molecule has 0 N–H and O–H groups in total. The number of likely N-dealkylation sites (N-methyl/N-ethyl adjacent to an activating group) is 1. The predicted molar refractivity (Wildman–Crippen MR) is 95.7 cm³/mol. The molecule has 1 amide bonds. The lowest BCUT2D eigenvalue weighted by Gasteiger charge is -2.32. The maximum Gasteiger partial charge on any atom is 0.237 e. The van der Waals surface area contributed by atoms with Crippen LogP contribution in [0.4, 0.5) is 4.39 Å². The van der Waals surface area contributed by atoms with Gasteiger partial charge in [0, 0.05) is 25.7 Å². The summed E-state index contributed by atoms with van der Waals surface area (Å²) in [4.78, 5) is 17.2. The van der Waals surface area contributed by atoms with Gasteiger partial charge in [-0.05, 0) is 56.7 Å². The summed E-state index contributed by atoms with van der Waals surface area (Å²) in [5, 5.41) is 0. The third-order valence-corrected chi connectivity index (χ3v) is 5.40. The van der Waals surface area contributed by atoms with Gasteiger partial charge in [0.15, 0.2) is 0 Å². The standard InChI is InChI=1S/C20H29FN2O2/c1-3-23(15(2)17-4-6-18(21)7-5-17)20(24)13-22(19-8-9-19)12-16-10-11-25-14-16/h4-7,15-16,19H,3,8-14H2,1-2H3. The summed E-state index contributed by atoms with van der Waals surface area (Å²) in [6, 6.07) is 6.97. The summed E-state index contributed by atoms with van der Waals surface area (Å²) < 4.78 is 18.6. The molecule has 1 saturated carbocycles. The topological polar surface area (TPSA) is 32.8 Å². The molecule has 0 aromatic heterocycles. The van der Waals surface area contributed by atoms with Gasteiger partial charge in [-0.3, -0.25) is 9.69 Å². The van der Waals surface area contributed by atoms with Crippen molar-refractivity contribution in [3.63, 3.8) is 0 Å². The fourth-order valence-electron chi connectivity index (χ4n) is 3.69. The number of hydrogen-bond donors (Lipinski definition) is 0. The quantitative estimate of drug-likeness (QED) is 0.723. The highest BCUT2D eigenvalue weighted by atomic mass is 19.1. The lowest BCUT2D eigenvalue weighted by molar-refractivity contribution is -0.134. The van der Waals surface area contributed by atoms with Gasteiger partial charge in [0.25, 0.3) is 0 Å². The van der Waals surface area contributed by atoms with Crippen molar-refractivity contribution in [2.75, 3.05) is 32.8 Å². The minimum atomic E-state index is -0.246. The van der Waals surface area contributed by atoms with Gasteiger partial charge >= 0.3 is 0 Å². The zero-order chi connectivity index (χ0) is 17.8. The van der Waals surface area contributed by atoms with E-state index in [-0.39, 0.29) is 17.8 Å². The molecular formula is C20H29FN2O2. The summed E-state index contributed by atoms with van der Waals surface area (Å²) in [5.41, 5.74) is 0.971. The lowest BCUT2D eigenvalue weighted by Crippen LogP contribution is -2.44. The zero-order valence-corrected chi connectivity index (χ0v) is 15.3. The van der Waals surface area contributed by atoms with E-state index in [9.17, 15) is 9.18 Å².